The SMILES string of the molecule is O=C(Nc1ccccc1)C1CCN(C(=O)c2ccc(Br)cc2Cl)CC1. The molecule has 1 heterocycles. The molecule has 1 aliphatic heterocycles. The lowest BCUT2D eigenvalue weighted by Gasteiger charge is -2.31. The zero-order valence-corrected chi connectivity index (χ0v) is 15.9. The zero-order valence-electron chi connectivity index (χ0n) is 13.5. The number of nitrogens with one attached hydrogen (secondary N) is 1. The van der Waals surface area contributed by atoms with Crippen molar-refractivity contribution in [2.24, 2.45) is 5.92 Å². The van der Waals surface area contributed by atoms with Gasteiger partial charge < -0.3 is 10.2 Å². The van der Waals surface area contributed by atoms with Crippen LogP contribution in [0.3, 0.4) is 0 Å². The number of benzene rings is 2. The number of amides is 2. The second kappa shape index (κ2) is 8.02. The molecule has 25 heavy (non-hydrogen) atoms. The van der Waals surface area contributed by atoms with Gasteiger partial charge >= 0.3 is 0 Å². The number of para-hydroxylation sites is 1. The van der Waals surface area contributed by atoms with Gasteiger partial charge in [0.2, 0.25) is 5.91 Å². The fourth-order valence-corrected chi connectivity index (χ4v) is 3.70. The van der Waals surface area contributed by atoms with E-state index in [2.05, 4.69) is 21.2 Å². The van der Waals surface area contributed by atoms with Gasteiger partial charge in [0.05, 0.1) is 10.6 Å². The third-order valence-corrected chi connectivity index (χ3v) is 5.16. The molecule has 0 radical (unpaired) electrons. The van der Waals surface area contributed by atoms with Crippen LogP contribution in [0.25, 0.3) is 0 Å². The molecule has 0 atom stereocenters. The van der Waals surface area contributed by atoms with Gasteiger partial charge in [-0.25, -0.2) is 0 Å². The molecule has 4 nitrogen and oxygen atoms in total. The van der Waals surface area contributed by atoms with Crippen molar-refractivity contribution < 1.29 is 9.59 Å². The minimum atomic E-state index is -0.0839. The molecule has 0 aliphatic carbocycles. The quantitative estimate of drug-likeness (QED) is 0.788. The van der Waals surface area contributed by atoms with Crippen molar-refractivity contribution in [1.29, 1.82) is 0 Å². The Balaban J connectivity index is 1.58. The van der Waals surface area contributed by atoms with Crippen molar-refractivity contribution in [3.63, 3.8) is 0 Å². The first-order chi connectivity index (χ1) is 12.0. The maximum absolute atomic E-state index is 12.6. The van der Waals surface area contributed by atoms with Crippen LogP contribution in [-0.2, 0) is 4.79 Å². The summed E-state index contributed by atoms with van der Waals surface area (Å²) in [5.74, 6) is -0.149. The number of likely N-dealkylation sites (tertiary alicyclic amines) is 1. The van der Waals surface area contributed by atoms with E-state index in [9.17, 15) is 9.59 Å². The Kier molecular flexibility index (Phi) is 5.76. The second-order valence-corrected chi connectivity index (χ2v) is 7.37. The highest BCUT2D eigenvalue weighted by Gasteiger charge is 2.28. The number of hydrogen-bond donors (Lipinski definition) is 1. The third kappa shape index (κ3) is 4.41. The van der Waals surface area contributed by atoms with Crippen LogP contribution >= 0.6 is 27.5 Å². The lowest BCUT2D eigenvalue weighted by molar-refractivity contribution is -0.121. The van der Waals surface area contributed by atoms with Crippen molar-refractivity contribution in [3.8, 4) is 0 Å². The van der Waals surface area contributed by atoms with E-state index in [0.29, 0.717) is 36.5 Å². The van der Waals surface area contributed by atoms with Crippen LogP contribution in [0, 0.1) is 5.92 Å². The van der Waals surface area contributed by atoms with Gasteiger partial charge in [-0.05, 0) is 43.2 Å². The Morgan fingerprint density at radius 3 is 2.40 bits per heavy atom. The standard InChI is InChI=1S/C19H18BrClN2O2/c20-14-6-7-16(17(21)12-14)19(25)23-10-8-13(9-11-23)18(24)22-15-4-2-1-3-5-15/h1-7,12-13H,8-11H2,(H,22,24). The summed E-state index contributed by atoms with van der Waals surface area (Å²) in [5, 5.41) is 3.37. The van der Waals surface area contributed by atoms with Gasteiger partial charge in [-0.15, -0.1) is 0 Å². The number of nitrogens with zero attached hydrogens (tertiary/aromatic N) is 1. The maximum Gasteiger partial charge on any atom is 0.255 e. The average molecular weight is 422 g/mol. The van der Waals surface area contributed by atoms with E-state index in [-0.39, 0.29) is 17.7 Å². The van der Waals surface area contributed by atoms with Crippen molar-refractivity contribution in [1.82, 2.24) is 4.90 Å². The molecule has 1 saturated heterocycles. The van der Waals surface area contributed by atoms with Gasteiger partial charge in [0.25, 0.3) is 5.91 Å². The molecule has 2 aromatic rings. The Morgan fingerprint density at radius 1 is 1.08 bits per heavy atom. The van der Waals surface area contributed by atoms with E-state index in [0.717, 1.165) is 10.2 Å². The second-order valence-electron chi connectivity index (χ2n) is 6.05. The lowest BCUT2D eigenvalue weighted by Crippen LogP contribution is -2.41. The summed E-state index contributed by atoms with van der Waals surface area (Å²) < 4.78 is 0.838. The summed E-state index contributed by atoms with van der Waals surface area (Å²) in [5.41, 5.74) is 1.30. The van der Waals surface area contributed by atoms with E-state index < -0.39 is 0 Å². The van der Waals surface area contributed by atoms with E-state index in [1.165, 1.54) is 0 Å². The first-order valence-corrected chi connectivity index (χ1v) is 9.32. The molecule has 0 bridgehead atoms. The molecular formula is C19H18BrClN2O2. The van der Waals surface area contributed by atoms with E-state index in [1.807, 2.05) is 30.3 Å². The average Bonchev–Trinajstić information content (AvgIpc) is 2.62. The summed E-state index contributed by atoms with van der Waals surface area (Å²) in [4.78, 5) is 26.8. The number of anilines is 1. The first-order valence-electron chi connectivity index (χ1n) is 8.15. The van der Waals surface area contributed by atoms with E-state index in [4.69, 9.17) is 11.6 Å². The molecule has 2 aromatic carbocycles. The van der Waals surface area contributed by atoms with Crippen LogP contribution < -0.4 is 5.32 Å². The van der Waals surface area contributed by atoms with Crippen LogP contribution in [-0.4, -0.2) is 29.8 Å². The molecule has 1 aliphatic rings. The number of rotatable bonds is 3. The van der Waals surface area contributed by atoms with Gasteiger partial charge in [-0.1, -0.05) is 45.7 Å². The fourth-order valence-electron chi connectivity index (χ4n) is 2.94. The molecule has 2 amide bonds. The fraction of sp³-hybridized carbons (Fsp3) is 0.263. The first kappa shape index (κ1) is 18.0. The third-order valence-electron chi connectivity index (χ3n) is 4.36. The summed E-state index contributed by atoms with van der Waals surface area (Å²) in [7, 11) is 0. The number of piperidine rings is 1. The molecule has 0 unspecified atom stereocenters. The normalized spacial score (nSPS) is 15.0. The van der Waals surface area contributed by atoms with Crippen molar-refractivity contribution in [2.45, 2.75) is 12.8 Å². The molecule has 130 valence electrons. The van der Waals surface area contributed by atoms with E-state index >= 15 is 0 Å². The highest BCUT2D eigenvalue weighted by molar-refractivity contribution is 9.10. The summed E-state index contributed by atoms with van der Waals surface area (Å²) >= 11 is 9.51. The van der Waals surface area contributed by atoms with Crippen molar-refractivity contribution >= 4 is 45.0 Å². The molecule has 0 aromatic heterocycles. The van der Waals surface area contributed by atoms with Gasteiger partial charge in [-0.2, -0.15) is 0 Å². The van der Waals surface area contributed by atoms with Crippen LogP contribution in [0.2, 0.25) is 5.02 Å². The Morgan fingerprint density at radius 2 is 1.76 bits per heavy atom. The van der Waals surface area contributed by atoms with Gasteiger partial charge in [0.1, 0.15) is 0 Å². The number of carbonyl (C=O) groups excluding carboxylic acids is 2. The van der Waals surface area contributed by atoms with Crippen LogP contribution in [0.15, 0.2) is 53.0 Å². The molecule has 1 fully saturated rings. The smallest absolute Gasteiger partial charge is 0.255 e. The molecule has 1 N–H and O–H groups in total. The number of carbonyl (C=O) groups is 2. The predicted molar refractivity (Wildman–Crippen MR) is 103 cm³/mol. The molecular weight excluding hydrogens is 404 g/mol. The Bertz CT molecular complexity index is 774. The maximum atomic E-state index is 12.6. The van der Waals surface area contributed by atoms with Gasteiger partial charge in [0, 0.05) is 29.2 Å². The van der Waals surface area contributed by atoms with Gasteiger partial charge in [0.15, 0.2) is 0 Å². The number of halogens is 2. The van der Waals surface area contributed by atoms with Crippen molar-refractivity contribution in [3.05, 3.63) is 63.6 Å². The Labute approximate surface area is 160 Å². The topological polar surface area (TPSA) is 49.4 Å². The van der Waals surface area contributed by atoms with E-state index in [1.54, 1.807) is 23.1 Å². The van der Waals surface area contributed by atoms with Crippen molar-refractivity contribution in [2.75, 3.05) is 18.4 Å². The highest BCUT2D eigenvalue weighted by atomic mass is 79.9. The largest absolute Gasteiger partial charge is 0.339 e. The van der Waals surface area contributed by atoms with Crippen LogP contribution in [0.4, 0.5) is 5.69 Å². The minimum absolute atomic E-state index is 0.0139. The molecule has 3 rings (SSSR count). The summed E-state index contributed by atoms with van der Waals surface area (Å²) in [6.45, 7) is 1.11. The summed E-state index contributed by atoms with van der Waals surface area (Å²) in [6, 6.07) is 14.7. The van der Waals surface area contributed by atoms with Crippen LogP contribution in [0.5, 0.6) is 0 Å². The highest BCUT2D eigenvalue weighted by Crippen LogP contribution is 2.25. The molecule has 0 spiro atoms. The van der Waals surface area contributed by atoms with Crippen LogP contribution in [0.1, 0.15) is 23.2 Å². The lowest BCUT2D eigenvalue weighted by atomic mass is 9.95. The summed E-state index contributed by atoms with van der Waals surface area (Å²) in [6.07, 6.45) is 1.30. The molecule has 0 saturated carbocycles. The molecule has 6 heteroatoms. The van der Waals surface area contributed by atoms with Gasteiger partial charge in [-0.3, -0.25) is 9.59 Å². The number of hydrogen-bond acceptors (Lipinski definition) is 2. The monoisotopic (exact) mass is 420 g/mol. The zero-order chi connectivity index (χ0) is 17.8. The Hall–Kier alpha value is -1.85. The predicted octanol–water partition coefficient (Wildman–Crippen LogP) is 4.59. The minimum Gasteiger partial charge on any atom is -0.339 e.